The van der Waals surface area contributed by atoms with Crippen LogP contribution in [0.1, 0.15) is 27.2 Å². The van der Waals surface area contributed by atoms with Crippen LogP contribution in [0, 0.1) is 0 Å². The fourth-order valence-electron chi connectivity index (χ4n) is 1.58. The molecule has 0 aliphatic rings. The lowest BCUT2D eigenvalue weighted by atomic mass is 10.1. The molecule has 1 aromatic rings. The van der Waals surface area contributed by atoms with Gasteiger partial charge in [0.05, 0.1) is 6.42 Å². The maximum Gasteiger partial charge on any atom is 0.305 e. The van der Waals surface area contributed by atoms with Gasteiger partial charge in [0, 0.05) is 11.1 Å². The molecule has 1 amide bonds. The first-order valence-electron chi connectivity index (χ1n) is 6.18. The standard InChI is InChI=1S/C14H18ClNO4/c1-9(7-12(17)18)16-13(19)14(2,3)20-11-6-4-5-10(15)8-11/h4-6,8-9H,7H2,1-3H3,(H,16,19)(H,17,18). The third kappa shape index (κ3) is 5.09. The number of ether oxygens (including phenoxy) is 1. The summed E-state index contributed by atoms with van der Waals surface area (Å²) in [6.45, 7) is 4.84. The maximum absolute atomic E-state index is 12.1. The molecule has 0 radical (unpaired) electrons. The molecule has 0 bridgehead atoms. The molecule has 0 aliphatic carbocycles. The summed E-state index contributed by atoms with van der Waals surface area (Å²) in [5.74, 6) is -0.874. The predicted octanol–water partition coefficient (Wildman–Crippen LogP) is 2.48. The highest BCUT2D eigenvalue weighted by Crippen LogP contribution is 2.22. The topological polar surface area (TPSA) is 75.6 Å². The molecule has 1 rings (SSSR count). The predicted molar refractivity (Wildman–Crippen MR) is 76.0 cm³/mol. The Hall–Kier alpha value is -1.75. The van der Waals surface area contributed by atoms with Gasteiger partial charge in [-0.05, 0) is 39.0 Å². The van der Waals surface area contributed by atoms with Gasteiger partial charge in [0.15, 0.2) is 5.60 Å². The zero-order chi connectivity index (χ0) is 15.3. The number of hydrogen-bond donors (Lipinski definition) is 2. The van der Waals surface area contributed by atoms with Crippen molar-refractivity contribution in [3.05, 3.63) is 29.3 Å². The van der Waals surface area contributed by atoms with Crippen LogP contribution < -0.4 is 10.1 Å². The van der Waals surface area contributed by atoms with Crippen molar-refractivity contribution in [1.82, 2.24) is 5.32 Å². The van der Waals surface area contributed by atoms with Crippen molar-refractivity contribution < 1.29 is 19.4 Å². The number of benzene rings is 1. The first-order valence-corrected chi connectivity index (χ1v) is 6.56. The van der Waals surface area contributed by atoms with Crippen molar-refractivity contribution in [3.63, 3.8) is 0 Å². The summed E-state index contributed by atoms with van der Waals surface area (Å²) < 4.78 is 5.61. The van der Waals surface area contributed by atoms with Crippen molar-refractivity contribution >= 4 is 23.5 Å². The number of nitrogens with one attached hydrogen (secondary N) is 1. The zero-order valence-corrected chi connectivity index (χ0v) is 12.4. The molecule has 0 saturated carbocycles. The first kappa shape index (κ1) is 16.3. The van der Waals surface area contributed by atoms with Crippen molar-refractivity contribution in [2.24, 2.45) is 0 Å². The summed E-state index contributed by atoms with van der Waals surface area (Å²) in [7, 11) is 0. The number of hydrogen-bond acceptors (Lipinski definition) is 3. The van der Waals surface area contributed by atoms with E-state index in [1.807, 2.05) is 0 Å². The summed E-state index contributed by atoms with van der Waals surface area (Å²) in [5, 5.41) is 11.8. The Kier molecular flexibility index (Phi) is 5.39. The fraction of sp³-hybridized carbons (Fsp3) is 0.429. The molecular formula is C14H18ClNO4. The third-order valence-corrected chi connectivity index (χ3v) is 2.81. The van der Waals surface area contributed by atoms with Crippen LogP contribution in [0.4, 0.5) is 0 Å². The minimum atomic E-state index is -1.13. The van der Waals surface area contributed by atoms with Crippen molar-refractivity contribution in [1.29, 1.82) is 0 Å². The number of aliphatic carboxylic acids is 1. The van der Waals surface area contributed by atoms with E-state index in [1.165, 1.54) is 0 Å². The van der Waals surface area contributed by atoms with E-state index in [0.717, 1.165) is 0 Å². The van der Waals surface area contributed by atoms with Gasteiger partial charge in [-0.15, -0.1) is 0 Å². The Balaban J connectivity index is 2.67. The molecule has 0 spiro atoms. The molecule has 0 heterocycles. The third-order valence-electron chi connectivity index (χ3n) is 2.57. The van der Waals surface area contributed by atoms with Gasteiger partial charge in [-0.3, -0.25) is 9.59 Å². The molecule has 0 aliphatic heterocycles. The molecule has 2 N–H and O–H groups in total. The Morgan fingerprint density at radius 2 is 2.10 bits per heavy atom. The Morgan fingerprint density at radius 1 is 1.45 bits per heavy atom. The van der Waals surface area contributed by atoms with Gasteiger partial charge in [0.1, 0.15) is 5.75 Å². The molecule has 110 valence electrons. The van der Waals surface area contributed by atoms with E-state index < -0.39 is 17.6 Å². The molecule has 1 unspecified atom stereocenters. The molecule has 1 aromatic carbocycles. The van der Waals surface area contributed by atoms with Gasteiger partial charge in [0.25, 0.3) is 5.91 Å². The summed E-state index contributed by atoms with van der Waals surface area (Å²) >= 11 is 5.85. The van der Waals surface area contributed by atoms with Gasteiger partial charge < -0.3 is 15.2 Å². The number of carbonyl (C=O) groups excluding carboxylic acids is 1. The van der Waals surface area contributed by atoms with Crippen LogP contribution in [0.25, 0.3) is 0 Å². The minimum absolute atomic E-state index is 0.140. The number of rotatable bonds is 6. The second-order valence-corrected chi connectivity index (χ2v) is 5.48. The van der Waals surface area contributed by atoms with Gasteiger partial charge in [0.2, 0.25) is 0 Å². The van der Waals surface area contributed by atoms with Crippen LogP contribution in [0.3, 0.4) is 0 Å². The van der Waals surface area contributed by atoms with Crippen LogP contribution in [-0.4, -0.2) is 28.6 Å². The monoisotopic (exact) mass is 299 g/mol. The molecular weight excluding hydrogens is 282 g/mol. The van der Waals surface area contributed by atoms with Crippen LogP contribution in [0.5, 0.6) is 5.75 Å². The summed E-state index contributed by atoms with van der Waals surface area (Å²) in [5.41, 5.74) is -1.13. The molecule has 20 heavy (non-hydrogen) atoms. The summed E-state index contributed by atoms with van der Waals surface area (Å²) in [6.07, 6.45) is -0.140. The molecule has 5 nitrogen and oxygen atoms in total. The van der Waals surface area contributed by atoms with E-state index in [9.17, 15) is 9.59 Å². The van der Waals surface area contributed by atoms with E-state index in [1.54, 1.807) is 45.0 Å². The number of halogens is 1. The van der Waals surface area contributed by atoms with Gasteiger partial charge in [-0.1, -0.05) is 17.7 Å². The van der Waals surface area contributed by atoms with Gasteiger partial charge >= 0.3 is 5.97 Å². The second-order valence-electron chi connectivity index (χ2n) is 5.04. The molecule has 0 aromatic heterocycles. The Morgan fingerprint density at radius 3 is 2.65 bits per heavy atom. The van der Waals surface area contributed by atoms with E-state index in [0.29, 0.717) is 10.8 Å². The van der Waals surface area contributed by atoms with Crippen LogP contribution in [-0.2, 0) is 9.59 Å². The average molecular weight is 300 g/mol. The van der Waals surface area contributed by atoms with Crippen molar-refractivity contribution in [2.75, 3.05) is 0 Å². The van der Waals surface area contributed by atoms with Crippen LogP contribution in [0.2, 0.25) is 5.02 Å². The van der Waals surface area contributed by atoms with Gasteiger partial charge in [-0.25, -0.2) is 0 Å². The maximum atomic E-state index is 12.1. The number of carboxylic acid groups (broad SMARTS) is 1. The van der Waals surface area contributed by atoms with Crippen LogP contribution in [0.15, 0.2) is 24.3 Å². The molecule has 6 heteroatoms. The lowest BCUT2D eigenvalue weighted by molar-refractivity contribution is -0.138. The molecule has 0 saturated heterocycles. The zero-order valence-electron chi connectivity index (χ0n) is 11.6. The van der Waals surface area contributed by atoms with E-state index in [2.05, 4.69) is 5.32 Å². The fourth-order valence-corrected chi connectivity index (χ4v) is 1.76. The number of carbonyl (C=O) groups is 2. The number of amides is 1. The lowest BCUT2D eigenvalue weighted by Crippen LogP contribution is -2.49. The smallest absolute Gasteiger partial charge is 0.305 e. The molecule has 0 fully saturated rings. The Labute approximate surface area is 122 Å². The summed E-state index contributed by atoms with van der Waals surface area (Å²) in [6, 6.07) is 6.26. The lowest BCUT2D eigenvalue weighted by Gasteiger charge is -2.27. The highest BCUT2D eigenvalue weighted by Gasteiger charge is 2.31. The van der Waals surface area contributed by atoms with Crippen LogP contribution >= 0.6 is 11.6 Å². The largest absolute Gasteiger partial charge is 0.481 e. The van der Waals surface area contributed by atoms with E-state index in [4.69, 9.17) is 21.4 Å². The number of carboxylic acids is 1. The Bertz CT molecular complexity index is 502. The van der Waals surface area contributed by atoms with E-state index in [-0.39, 0.29) is 12.3 Å². The minimum Gasteiger partial charge on any atom is -0.481 e. The highest BCUT2D eigenvalue weighted by atomic mass is 35.5. The molecule has 1 atom stereocenters. The van der Waals surface area contributed by atoms with E-state index >= 15 is 0 Å². The summed E-state index contributed by atoms with van der Waals surface area (Å²) in [4.78, 5) is 22.7. The second kappa shape index (κ2) is 6.61. The normalized spacial score (nSPS) is 12.6. The highest BCUT2D eigenvalue weighted by molar-refractivity contribution is 6.30. The quantitative estimate of drug-likeness (QED) is 0.846. The SMILES string of the molecule is CC(CC(=O)O)NC(=O)C(C)(C)Oc1cccc(Cl)c1. The van der Waals surface area contributed by atoms with Gasteiger partial charge in [-0.2, -0.15) is 0 Å². The van der Waals surface area contributed by atoms with Crippen molar-refractivity contribution in [3.8, 4) is 5.75 Å². The van der Waals surface area contributed by atoms with Crippen molar-refractivity contribution in [2.45, 2.75) is 38.8 Å². The first-order chi connectivity index (χ1) is 9.20. The average Bonchev–Trinajstić information content (AvgIpc) is 2.26.